The molecule has 0 atom stereocenters. The van der Waals surface area contributed by atoms with Crippen LogP contribution in [0.2, 0.25) is 0 Å². The minimum atomic E-state index is -3.50. The van der Waals surface area contributed by atoms with Gasteiger partial charge in [0.2, 0.25) is 15.9 Å². The standard InChI is InChI=1S/C17H31N3O5S/c1-3-25-17(22)19-12-8-15(9-13-19)20(26(2,23)24)14-16(21)18-10-6-4-5-7-11-18/h15H,3-14H2,1-2H3. The van der Waals surface area contributed by atoms with Crippen molar-refractivity contribution in [2.24, 2.45) is 0 Å². The van der Waals surface area contributed by atoms with E-state index in [1.165, 1.54) is 4.31 Å². The minimum Gasteiger partial charge on any atom is -0.450 e. The van der Waals surface area contributed by atoms with Crippen LogP contribution in [0.25, 0.3) is 0 Å². The highest BCUT2D eigenvalue weighted by Gasteiger charge is 2.34. The van der Waals surface area contributed by atoms with Gasteiger partial charge in [-0.3, -0.25) is 4.79 Å². The first-order chi connectivity index (χ1) is 12.3. The van der Waals surface area contributed by atoms with Gasteiger partial charge in [0.15, 0.2) is 0 Å². The van der Waals surface area contributed by atoms with Gasteiger partial charge in [0.25, 0.3) is 0 Å². The molecule has 0 unspecified atom stereocenters. The molecule has 0 spiro atoms. The van der Waals surface area contributed by atoms with Gasteiger partial charge in [-0.15, -0.1) is 0 Å². The van der Waals surface area contributed by atoms with Crippen molar-refractivity contribution in [3.8, 4) is 0 Å². The molecular formula is C17H31N3O5S. The van der Waals surface area contributed by atoms with Crippen LogP contribution in [0.4, 0.5) is 4.79 Å². The Morgan fingerprint density at radius 3 is 2.08 bits per heavy atom. The van der Waals surface area contributed by atoms with Crippen LogP contribution in [-0.2, 0) is 19.6 Å². The summed E-state index contributed by atoms with van der Waals surface area (Å²) in [6.45, 7) is 4.25. The van der Waals surface area contributed by atoms with Crippen LogP contribution in [0.5, 0.6) is 0 Å². The number of sulfonamides is 1. The van der Waals surface area contributed by atoms with Gasteiger partial charge in [-0.25, -0.2) is 13.2 Å². The highest BCUT2D eigenvalue weighted by Crippen LogP contribution is 2.20. The van der Waals surface area contributed by atoms with Crippen molar-refractivity contribution in [3.05, 3.63) is 0 Å². The molecule has 0 radical (unpaired) electrons. The fourth-order valence-electron chi connectivity index (χ4n) is 3.62. The number of amides is 2. The molecule has 0 N–H and O–H groups in total. The molecule has 0 saturated carbocycles. The lowest BCUT2D eigenvalue weighted by Gasteiger charge is -2.37. The van der Waals surface area contributed by atoms with Gasteiger partial charge < -0.3 is 14.5 Å². The Balaban J connectivity index is 1.98. The van der Waals surface area contributed by atoms with E-state index in [9.17, 15) is 18.0 Å². The summed E-state index contributed by atoms with van der Waals surface area (Å²) in [6.07, 6.45) is 6.00. The Morgan fingerprint density at radius 2 is 1.58 bits per heavy atom. The summed E-state index contributed by atoms with van der Waals surface area (Å²) in [4.78, 5) is 27.8. The Kier molecular flexibility index (Phi) is 7.69. The van der Waals surface area contributed by atoms with Crippen LogP contribution in [0.3, 0.4) is 0 Å². The van der Waals surface area contributed by atoms with Crippen LogP contribution in [0.1, 0.15) is 45.4 Å². The Labute approximate surface area is 156 Å². The second kappa shape index (κ2) is 9.55. The lowest BCUT2D eigenvalue weighted by Crippen LogP contribution is -2.51. The van der Waals surface area contributed by atoms with Crippen LogP contribution >= 0.6 is 0 Å². The molecule has 0 aromatic carbocycles. The number of ether oxygens (including phenoxy) is 1. The third-order valence-corrected chi connectivity index (χ3v) is 6.35. The summed E-state index contributed by atoms with van der Waals surface area (Å²) in [7, 11) is -3.50. The first-order valence-corrected chi connectivity index (χ1v) is 11.3. The molecule has 2 heterocycles. The molecule has 0 bridgehead atoms. The van der Waals surface area contributed by atoms with E-state index in [1.54, 1.807) is 16.7 Å². The molecule has 2 saturated heterocycles. The lowest BCUT2D eigenvalue weighted by molar-refractivity contribution is -0.131. The molecule has 9 heteroatoms. The van der Waals surface area contributed by atoms with Crippen molar-refractivity contribution in [3.63, 3.8) is 0 Å². The maximum absolute atomic E-state index is 12.6. The normalized spacial score (nSPS) is 20.1. The van der Waals surface area contributed by atoms with E-state index in [0.717, 1.165) is 31.9 Å². The number of hydrogen-bond donors (Lipinski definition) is 0. The van der Waals surface area contributed by atoms with Crippen LogP contribution in [0, 0.1) is 0 Å². The number of carbonyl (C=O) groups excluding carboxylic acids is 2. The fraction of sp³-hybridized carbons (Fsp3) is 0.882. The third-order valence-electron chi connectivity index (χ3n) is 5.07. The van der Waals surface area contributed by atoms with Crippen molar-refractivity contribution < 1.29 is 22.7 Å². The predicted octanol–water partition coefficient (Wildman–Crippen LogP) is 1.27. The van der Waals surface area contributed by atoms with Gasteiger partial charge >= 0.3 is 6.09 Å². The Hall–Kier alpha value is -1.35. The van der Waals surface area contributed by atoms with E-state index in [-0.39, 0.29) is 24.6 Å². The van der Waals surface area contributed by atoms with Gasteiger partial charge in [0, 0.05) is 32.2 Å². The third kappa shape index (κ3) is 5.84. The highest BCUT2D eigenvalue weighted by molar-refractivity contribution is 7.88. The molecule has 2 aliphatic rings. The molecule has 0 aliphatic carbocycles. The molecule has 26 heavy (non-hydrogen) atoms. The summed E-state index contributed by atoms with van der Waals surface area (Å²) in [6, 6.07) is -0.258. The number of hydrogen-bond acceptors (Lipinski definition) is 5. The molecule has 2 rings (SSSR count). The first kappa shape index (κ1) is 21.0. The average molecular weight is 390 g/mol. The van der Waals surface area contributed by atoms with Crippen LogP contribution in [0.15, 0.2) is 0 Å². The second-order valence-corrected chi connectivity index (χ2v) is 8.96. The van der Waals surface area contributed by atoms with Gasteiger partial charge in [0.05, 0.1) is 19.4 Å². The number of carbonyl (C=O) groups is 2. The molecule has 2 fully saturated rings. The molecule has 2 amide bonds. The van der Waals surface area contributed by atoms with E-state index in [4.69, 9.17) is 4.74 Å². The maximum atomic E-state index is 12.6. The molecule has 150 valence electrons. The summed E-state index contributed by atoms with van der Waals surface area (Å²) >= 11 is 0. The van der Waals surface area contributed by atoms with E-state index >= 15 is 0 Å². The van der Waals surface area contributed by atoms with E-state index in [2.05, 4.69) is 0 Å². The molecule has 2 aliphatic heterocycles. The smallest absolute Gasteiger partial charge is 0.409 e. The summed E-state index contributed by atoms with van der Waals surface area (Å²) in [5.41, 5.74) is 0. The summed E-state index contributed by atoms with van der Waals surface area (Å²) in [5.74, 6) is -0.120. The quantitative estimate of drug-likeness (QED) is 0.707. The zero-order valence-corrected chi connectivity index (χ0v) is 16.7. The van der Waals surface area contributed by atoms with Gasteiger partial charge in [-0.1, -0.05) is 12.8 Å². The number of rotatable bonds is 5. The van der Waals surface area contributed by atoms with Gasteiger partial charge in [0.1, 0.15) is 0 Å². The van der Waals surface area contributed by atoms with Crippen molar-refractivity contribution in [1.82, 2.24) is 14.1 Å². The summed E-state index contributed by atoms with van der Waals surface area (Å²) in [5, 5.41) is 0. The molecule has 8 nitrogen and oxygen atoms in total. The summed E-state index contributed by atoms with van der Waals surface area (Å²) < 4.78 is 30.9. The number of likely N-dealkylation sites (tertiary alicyclic amines) is 2. The zero-order valence-electron chi connectivity index (χ0n) is 15.9. The second-order valence-electron chi connectivity index (χ2n) is 7.02. The monoisotopic (exact) mass is 389 g/mol. The van der Waals surface area contributed by atoms with Crippen LogP contribution < -0.4 is 0 Å². The minimum absolute atomic E-state index is 0.108. The van der Waals surface area contributed by atoms with E-state index < -0.39 is 10.0 Å². The Morgan fingerprint density at radius 1 is 1.00 bits per heavy atom. The number of piperidine rings is 1. The highest BCUT2D eigenvalue weighted by atomic mass is 32.2. The molecule has 0 aromatic rings. The first-order valence-electron chi connectivity index (χ1n) is 9.49. The maximum Gasteiger partial charge on any atom is 0.409 e. The Bertz CT molecular complexity index is 579. The SMILES string of the molecule is CCOC(=O)N1CCC(N(CC(=O)N2CCCCCC2)S(C)(=O)=O)CC1. The molecule has 0 aromatic heterocycles. The van der Waals surface area contributed by atoms with Gasteiger partial charge in [-0.05, 0) is 32.6 Å². The van der Waals surface area contributed by atoms with Crippen molar-refractivity contribution in [2.45, 2.75) is 51.5 Å². The average Bonchev–Trinajstić information content (AvgIpc) is 2.88. The van der Waals surface area contributed by atoms with E-state index in [1.807, 2.05) is 0 Å². The lowest BCUT2D eigenvalue weighted by atomic mass is 10.1. The largest absolute Gasteiger partial charge is 0.450 e. The number of nitrogens with zero attached hydrogens (tertiary/aromatic N) is 3. The van der Waals surface area contributed by atoms with Crippen molar-refractivity contribution >= 4 is 22.0 Å². The zero-order chi connectivity index (χ0) is 19.2. The fourth-order valence-corrected chi connectivity index (χ4v) is 4.72. The topological polar surface area (TPSA) is 87.2 Å². The van der Waals surface area contributed by atoms with Crippen LogP contribution in [-0.4, -0.2) is 86.2 Å². The van der Waals surface area contributed by atoms with E-state index in [0.29, 0.717) is 45.6 Å². The van der Waals surface area contributed by atoms with Crippen molar-refractivity contribution in [2.75, 3.05) is 45.6 Å². The van der Waals surface area contributed by atoms with Crippen molar-refractivity contribution in [1.29, 1.82) is 0 Å². The molecular weight excluding hydrogens is 358 g/mol. The predicted molar refractivity (Wildman–Crippen MR) is 98.2 cm³/mol. The van der Waals surface area contributed by atoms with Gasteiger partial charge in [-0.2, -0.15) is 4.31 Å².